The minimum Gasteiger partial charge on any atom is -0.309 e. The van der Waals surface area contributed by atoms with Crippen molar-refractivity contribution in [2.75, 3.05) is 53.4 Å². The SMILES string of the molecule is CCc1ccc(S(=O)(=O)N2CCN(CCCN(C)C)CC2)cc1. The standard InChI is InChI=1S/C17H29N3O2S/c1-4-16-6-8-17(9-7-16)23(21,22)20-14-12-19(13-15-20)11-5-10-18(2)3/h6-9H,4-5,10-15H2,1-3H3. The highest BCUT2D eigenvalue weighted by atomic mass is 32.2. The Morgan fingerprint density at radius 3 is 2.17 bits per heavy atom. The van der Waals surface area contributed by atoms with Crippen molar-refractivity contribution >= 4 is 10.0 Å². The van der Waals surface area contributed by atoms with Crippen molar-refractivity contribution in [2.45, 2.75) is 24.7 Å². The van der Waals surface area contributed by atoms with E-state index in [1.165, 1.54) is 0 Å². The first kappa shape index (κ1) is 18.4. The van der Waals surface area contributed by atoms with Crippen LogP contribution < -0.4 is 0 Å². The normalized spacial score (nSPS) is 17.7. The van der Waals surface area contributed by atoms with Crippen LogP contribution >= 0.6 is 0 Å². The fraction of sp³-hybridized carbons (Fsp3) is 0.647. The lowest BCUT2D eigenvalue weighted by Crippen LogP contribution is -2.48. The van der Waals surface area contributed by atoms with E-state index in [9.17, 15) is 8.42 Å². The molecule has 0 radical (unpaired) electrons. The van der Waals surface area contributed by atoms with Gasteiger partial charge in [-0.05, 0) is 57.7 Å². The molecular weight excluding hydrogens is 310 g/mol. The van der Waals surface area contributed by atoms with E-state index < -0.39 is 10.0 Å². The summed E-state index contributed by atoms with van der Waals surface area (Å²) in [5, 5.41) is 0. The van der Waals surface area contributed by atoms with Gasteiger partial charge in [0.1, 0.15) is 0 Å². The average molecular weight is 340 g/mol. The second-order valence-electron chi connectivity index (χ2n) is 6.40. The van der Waals surface area contributed by atoms with Crippen LogP contribution in [0.15, 0.2) is 29.2 Å². The van der Waals surface area contributed by atoms with Crippen LogP contribution in [0.4, 0.5) is 0 Å². The molecule has 0 N–H and O–H groups in total. The zero-order chi connectivity index (χ0) is 16.9. The van der Waals surface area contributed by atoms with Crippen molar-refractivity contribution in [3.05, 3.63) is 29.8 Å². The molecule has 23 heavy (non-hydrogen) atoms. The van der Waals surface area contributed by atoms with Gasteiger partial charge in [-0.15, -0.1) is 0 Å². The van der Waals surface area contributed by atoms with Gasteiger partial charge >= 0.3 is 0 Å². The Morgan fingerprint density at radius 2 is 1.65 bits per heavy atom. The smallest absolute Gasteiger partial charge is 0.243 e. The van der Waals surface area contributed by atoms with Crippen molar-refractivity contribution in [3.8, 4) is 0 Å². The highest BCUT2D eigenvalue weighted by molar-refractivity contribution is 7.89. The molecule has 0 bridgehead atoms. The molecule has 1 saturated heterocycles. The molecule has 130 valence electrons. The Hall–Kier alpha value is -0.950. The summed E-state index contributed by atoms with van der Waals surface area (Å²) in [6.45, 7) is 6.98. The molecule has 6 heteroatoms. The summed E-state index contributed by atoms with van der Waals surface area (Å²) in [5.74, 6) is 0. The Morgan fingerprint density at radius 1 is 1.04 bits per heavy atom. The van der Waals surface area contributed by atoms with Gasteiger partial charge < -0.3 is 9.80 Å². The maximum atomic E-state index is 12.7. The van der Waals surface area contributed by atoms with E-state index in [2.05, 4.69) is 30.8 Å². The highest BCUT2D eigenvalue weighted by Gasteiger charge is 2.28. The molecule has 1 aliphatic rings. The van der Waals surface area contributed by atoms with Crippen molar-refractivity contribution < 1.29 is 8.42 Å². The van der Waals surface area contributed by atoms with Gasteiger partial charge in [0, 0.05) is 26.2 Å². The first-order valence-electron chi connectivity index (χ1n) is 8.39. The first-order chi connectivity index (χ1) is 10.9. The lowest BCUT2D eigenvalue weighted by molar-refractivity contribution is 0.181. The van der Waals surface area contributed by atoms with Crippen molar-refractivity contribution in [3.63, 3.8) is 0 Å². The van der Waals surface area contributed by atoms with Gasteiger partial charge in [0.25, 0.3) is 0 Å². The predicted molar refractivity (Wildman–Crippen MR) is 94.2 cm³/mol. The summed E-state index contributed by atoms with van der Waals surface area (Å²) in [7, 11) is 0.809. The third kappa shape index (κ3) is 5.01. The Bertz CT molecular complexity index is 576. The van der Waals surface area contributed by atoms with E-state index >= 15 is 0 Å². The number of rotatable bonds is 7. The molecule has 2 rings (SSSR count). The zero-order valence-corrected chi connectivity index (χ0v) is 15.3. The first-order valence-corrected chi connectivity index (χ1v) is 9.83. The van der Waals surface area contributed by atoms with Gasteiger partial charge in [-0.2, -0.15) is 4.31 Å². The van der Waals surface area contributed by atoms with E-state index in [1.807, 2.05) is 12.1 Å². The molecule has 1 aromatic rings. The number of nitrogens with zero attached hydrogens (tertiary/aromatic N) is 3. The maximum absolute atomic E-state index is 12.7. The van der Waals surface area contributed by atoms with Crippen molar-refractivity contribution in [1.82, 2.24) is 14.1 Å². The number of piperazine rings is 1. The van der Waals surface area contributed by atoms with Crippen LogP contribution in [0.5, 0.6) is 0 Å². The summed E-state index contributed by atoms with van der Waals surface area (Å²) in [6, 6.07) is 7.28. The van der Waals surface area contributed by atoms with E-state index in [0.717, 1.165) is 44.6 Å². The molecule has 0 aromatic heterocycles. The number of aryl methyl sites for hydroxylation is 1. The van der Waals surface area contributed by atoms with Gasteiger partial charge in [-0.3, -0.25) is 0 Å². The van der Waals surface area contributed by atoms with Gasteiger partial charge in [-0.1, -0.05) is 19.1 Å². The van der Waals surface area contributed by atoms with E-state index in [-0.39, 0.29) is 0 Å². The molecule has 1 aliphatic heterocycles. The molecule has 1 fully saturated rings. The molecule has 0 atom stereocenters. The van der Waals surface area contributed by atoms with Gasteiger partial charge in [-0.25, -0.2) is 8.42 Å². The summed E-state index contributed by atoms with van der Waals surface area (Å²) in [6.07, 6.45) is 2.05. The summed E-state index contributed by atoms with van der Waals surface area (Å²) < 4.78 is 27.0. The number of benzene rings is 1. The fourth-order valence-electron chi connectivity index (χ4n) is 2.85. The third-order valence-electron chi connectivity index (χ3n) is 4.38. The lowest BCUT2D eigenvalue weighted by Gasteiger charge is -2.34. The molecule has 0 unspecified atom stereocenters. The van der Waals surface area contributed by atoms with Crippen LogP contribution in [-0.2, 0) is 16.4 Å². The summed E-state index contributed by atoms with van der Waals surface area (Å²) in [5.41, 5.74) is 1.16. The van der Waals surface area contributed by atoms with Crippen molar-refractivity contribution in [1.29, 1.82) is 0 Å². The monoisotopic (exact) mass is 339 g/mol. The van der Waals surface area contributed by atoms with E-state index in [1.54, 1.807) is 16.4 Å². The topological polar surface area (TPSA) is 43.9 Å². The van der Waals surface area contributed by atoms with Crippen LogP contribution in [0, 0.1) is 0 Å². The Balaban J connectivity index is 1.90. The van der Waals surface area contributed by atoms with Crippen LogP contribution in [0.2, 0.25) is 0 Å². The Kier molecular flexibility index (Phi) is 6.59. The van der Waals surface area contributed by atoms with Gasteiger partial charge in [0.05, 0.1) is 4.90 Å². The van der Waals surface area contributed by atoms with Crippen LogP contribution in [-0.4, -0.2) is 75.9 Å². The molecule has 0 spiro atoms. The largest absolute Gasteiger partial charge is 0.309 e. The van der Waals surface area contributed by atoms with Crippen molar-refractivity contribution in [2.24, 2.45) is 0 Å². The minimum atomic E-state index is -3.35. The number of hydrogen-bond acceptors (Lipinski definition) is 4. The molecule has 1 heterocycles. The molecular formula is C17H29N3O2S. The predicted octanol–water partition coefficient (Wildman–Crippen LogP) is 1.51. The lowest BCUT2D eigenvalue weighted by atomic mass is 10.2. The highest BCUT2D eigenvalue weighted by Crippen LogP contribution is 2.18. The second-order valence-corrected chi connectivity index (χ2v) is 8.34. The molecule has 0 aliphatic carbocycles. The molecule has 1 aromatic carbocycles. The number of sulfonamides is 1. The summed E-state index contributed by atoms with van der Waals surface area (Å²) >= 11 is 0. The second kappa shape index (κ2) is 8.24. The summed E-state index contributed by atoms with van der Waals surface area (Å²) in [4.78, 5) is 4.95. The molecule has 0 saturated carbocycles. The minimum absolute atomic E-state index is 0.413. The van der Waals surface area contributed by atoms with Crippen LogP contribution in [0.3, 0.4) is 0 Å². The maximum Gasteiger partial charge on any atom is 0.243 e. The average Bonchev–Trinajstić information content (AvgIpc) is 2.55. The number of hydrogen-bond donors (Lipinski definition) is 0. The van der Waals surface area contributed by atoms with Gasteiger partial charge in [0.2, 0.25) is 10.0 Å². The van der Waals surface area contributed by atoms with E-state index in [4.69, 9.17) is 0 Å². The fourth-order valence-corrected chi connectivity index (χ4v) is 4.27. The van der Waals surface area contributed by atoms with Crippen LogP contribution in [0.25, 0.3) is 0 Å². The molecule has 5 nitrogen and oxygen atoms in total. The van der Waals surface area contributed by atoms with E-state index in [0.29, 0.717) is 18.0 Å². The van der Waals surface area contributed by atoms with Gasteiger partial charge in [0.15, 0.2) is 0 Å². The van der Waals surface area contributed by atoms with Crippen LogP contribution in [0.1, 0.15) is 18.9 Å². The third-order valence-corrected chi connectivity index (χ3v) is 6.29. The quantitative estimate of drug-likeness (QED) is 0.755. The molecule has 0 amide bonds. The zero-order valence-electron chi connectivity index (χ0n) is 14.5. The Labute approximate surface area is 140 Å².